The van der Waals surface area contributed by atoms with Crippen molar-refractivity contribution in [1.82, 2.24) is 4.72 Å². The number of rotatable bonds is 4. The molecule has 1 aromatic rings. The van der Waals surface area contributed by atoms with Gasteiger partial charge in [0.2, 0.25) is 10.0 Å². The van der Waals surface area contributed by atoms with Gasteiger partial charge in [-0.05, 0) is 46.5 Å². The molecule has 0 bridgehead atoms. The second-order valence-electron chi connectivity index (χ2n) is 4.70. The summed E-state index contributed by atoms with van der Waals surface area (Å²) >= 11 is 6.47. The molecule has 0 aliphatic carbocycles. The zero-order valence-corrected chi connectivity index (χ0v) is 15.1. The molecule has 0 aromatic heterocycles. The Balaban J connectivity index is 2.08. The van der Waals surface area contributed by atoms with Gasteiger partial charge in [0, 0.05) is 15.5 Å². The van der Waals surface area contributed by atoms with E-state index in [-0.39, 0.29) is 28.9 Å². The van der Waals surface area contributed by atoms with Crippen molar-refractivity contribution in [2.75, 3.05) is 18.1 Å². The van der Waals surface area contributed by atoms with Gasteiger partial charge >= 0.3 is 0 Å². The minimum atomic E-state index is -3.64. The summed E-state index contributed by atoms with van der Waals surface area (Å²) < 4.78 is 50.7. The Morgan fingerprint density at radius 2 is 2.00 bits per heavy atom. The van der Waals surface area contributed by atoms with Gasteiger partial charge in [-0.15, -0.1) is 0 Å². The van der Waals surface area contributed by atoms with E-state index in [0.29, 0.717) is 10.9 Å². The van der Waals surface area contributed by atoms with Crippen LogP contribution < -0.4 is 4.72 Å². The first-order valence-corrected chi connectivity index (χ1v) is 10.7. The number of hydrogen-bond acceptors (Lipinski definition) is 4. The van der Waals surface area contributed by atoms with Crippen molar-refractivity contribution in [2.45, 2.75) is 11.3 Å². The van der Waals surface area contributed by atoms with E-state index < -0.39 is 19.9 Å². The third-order valence-electron chi connectivity index (χ3n) is 3.07. The third-order valence-corrected chi connectivity index (χ3v) is 7.80. The van der Waals surface area contributed by atoms with Gasteiger partial charge in [0.05, 0.1) is 16.4 Å². The minimum Gasteiger partial charge on any atom is -0.229 e. The van der Waals surface area contributed by atoms with Crippen LogP contribution in [0.5, 0.6) is 0 Å². The molecule has 1 aliphatic heterocycles. The van der Waals surface area contributed by atoms with Crippen molar-refractivity contribution >= 4 is 51.7 Å². The quantitative estimate of drug-likeness (QED) is 0.766. The molecule has 112 valence electrons. The van der Waals surface area contributed by atoms with Crippen molar-refractivity contribution in [3.8, 4) is 0 Å². The van der Waals surface area contributed by atoms with E-state index in [1.807, 2.05) is 0 Å². The Morgan fingerprint density at radius 3 is 2.55 bits per heavy atom. The average molecular weight is 447 g/mol. The predicted octanol–water partition coefficient (Wildman–Crippen LogP) is 1.92. The number of hydrogen-bond donors (Lipinski definition) is 1. The smallest absolute Gasteiger partial charge is 0.229 e. The summed E-state index contributed by atoms with van der Waals surface area (Å²) in [6, 6.07) is 4.77. The molecule has 0 amide bonds. The summed E-state index contributed by atoms with van der Waals surface area (Å²) in [4.78, 5) is 0.140. The van der Waals surface area contributed by atoms with Crippen LogP contribution in [0, 0.1) is 5.92 Å². The van der Waals surface area contributed by atoms with E-state index in [1.165, 1.54) is 6.07 Å². The van der Waals surface area contributed by atoms with E-state index in [1.54, 1.807) is 12.1 Å². The van der Waals surface area contributed by atoms with Crippen LogP contribution in [0.2, 0.25) is 0 Å². The lowest BCUT2D eigenvalue weighted by Gasteiger charge is -2.11. The van der Waals surface area contributed by atoms with Crippen molar-refractivity contribution < 1.29 is 16.8 Å². The fourth-order valence-electron chi connectivity index (χ4n) is 2.03. The Labute approximate surface area is 135 Å². The lowest BCUT2D eigenvalue weighted by molar-refractivity contribution is 0.543. The van der Waals surface area contributed by atoms with E-state index in [4.69, 9.17) is 0 Å². The molecular formula is C11H13Br2NO4S2. The molecule has 20 heavy (non-hydrogen) atoms. The summed E-state index contributed by atoms with van der Waals surface area (Å²) in [6.07, 6.45) is 0.506. The summed E-state index contributed by atoms with van der Waals surface area (Å²) in [5, 5.41) is 0. The highest BCUT2D eigenvalue weighted by Crippen LogP contribution is 2.26. The zero-order chi connectivity index (χ0) is 15.0. The largest absolute Gasteiger partial charge is 0.241 e. The van der Waals surface area contributed by atoms with Crippen molar-refractivity contribution in [3.05, 3.63) is 27.1 Å². The maximum absolute atomic E-state index is 12.2. The maximum Gasteiger partial charge on any atom is 0.241 e. The SMILES string of the molecule is O=S1(=O)CC[C@@H](CNS(=O)(=O)c2ccc(Br)cc2Br)C1. The zero-order valence-electron chi connectivity index (χ0n) is 10.3. The highest BCUT2D eigenvalue weighted by molar-refractivity contribution is 9.11. The fraction of sp³-hybridized carbons (Fsp3) is 0.455. The Morgan fingerprint density at radius 1 is 1.30 bits per heavy atom. The van der Waals surface area contributed by atoms with Gasteiger partial charge < -0.3 is 0 Å². The number of halogens is 2. The summed E-state index contributed by atoms with van der Waals surface area (Å²) in [5.41, 5.74) is 0. The summed E-state index contributed by atoms with van der Waals surface area (Å²) in [5.74, 6) is 0.0438. The van der Waals surface area contributed by atoms with Gasteiger partial charge in [-0.3, -0.25) is 0 Å². The summed E-state index contributed by atoms with van der Waals surface area (Å²) in [7, 11) is -6.64. The Hall–Kier alpha value is 0.0400. The normalized spacial score (nSPS) is 22.0. The van der Waals surface area contributed by atoms with Gasteiger partial charge in [0.1, 0.15) is 0 Å². The number of sulfone groups is 1. The molecule has 9 heteroatoms. The van der Waals surface area contributed by atoms with Crippen LogP contribution >= 0.6 is 31.9 Å². The molecule has 1 fully saturated rings. The second kappa shape index (κ2) is 6.04. The molecule has 0 radical (unpaired) electrons. The molecule has 1 saturated heterocycles. The lowest BCUT2D eigenvalue weighted by atomic mass is 10.1. The van der Waals surface area contributed by atoms with E-state index in [2.05, 4.69) is 36.6 Å². The molecule has 1 aromatic carbocycles. The van der Waals surface area contributed by atoms with E-state index in [9.17, 15) is 16.8 Å². The standard InChI is InChI=1S/C11H13Br2NO4S2/c12-9-1-2-11(10(13)5-9)20(17,18)14-6-8-3-4-19(15,16)7-8/h1-2,5,8,14H,3-4,6-7H2/t8-/m0/s1. The molecule has 0 unspecified atom stereocenters. The van der Waals surface area contributed by atoms with Gasteiger partial charge in [-0.25, -0.2) is 21.6 Å². The molecule has 2 rings (SSSR count). The van der Waals surface area contributed by atoms with Crippen molar-refractivity contribution in [2.24, 2.45) is 5.92 Å². The topological polar surface area (TPSA) is 80.3 Å². The van der Waals surface area contributed by atoms with Crippen LogP contribution in [-0.4, -0.2) is 34.9 Å². The average Bonchev–Trinajstić information content (AvgIpc) is 2.66. The molecule has 1 N–H and O–H groups in total. The van der Waals surface area contributed by atoms with Crippen LogP contribution in [0.3, 0.4) is 0 Å². The molecule has 5 nitrogen and oxygen atoms in total. The third kappa shape index (κ3) is 4.03. The highest BCUT2D eigenvalue weighted by Gasteiger charge is 2.29. The van der Waals surface area contributed by atoms with Crippen LogP contribution in [0.1, 0.15) is 6.42 Å². The van der Waals surface area contributed by atoms with E-state index >= 15 is 0 Å². The van der Waals surface area contributed by atoms with Crippen LogP contribution in [-0.2, 0) is 19.9 Å². The summed E-state index contributed by atoms with van der Waals surface area (Å²) in [6.45, 7) is 0.143. The monoisotopic (exact) mass is 445 g/mol. The molecule has 1 heterocycles. The van der Waals surface area contributed by atoms with Gasteiger partial charge in [-0.1, -0.05) is 15.9 Å². The first-order chi connectivity index (χ1) is 9.20. The highest BCUT2D eigenvalue weighted by atomic mass is 79.9. The predicted molar refractivity (Wildman–Crippen MR) is 83.8 cm³/mol. The molecule has 1 aliphatic rings. The fourth-order valence-corrected chi connectivity index (χ4v) is 6.75. The van der Waals surface area contributed by atoms with Gasteiger partial charge in [-0.2, -0.15) is 0 Å². The molecule has 0 saturated carbocycles. The second-order valence-corrected chi connectivity index (χ2v) is 10.4. The minimum absolute atomic E-state index is 0.0526. The number of nitrogens with one attached hydrogen (secondary N) is 1. The Bertz CT molecular complexity index is 716. The van der Waals surface area contributed by atoms with Gasteiger partial charge in [0.15, 0.2) is 9.84 Å². The lowest BCUT2D eigenvalue weighted by Crippen LogP contribution is -2.30. The molecule has 1 atom stereocenters. The Kier molecular flexibility index (Phi) is 4.95. The van der Waals surface area contributed by atoms with Crippen LogP contribution in [0.25, 0.3) is 0 Å². The first-order valence-electron chi connectivity index (χ1n) is 5.85. The van der Waals surface area contributed by atoms with Crippen molar-refractivity contribution in [3.63, 3.8) is 0 Å². The maximum atomic E-state index is 12.2. The molecule has 0 spiro atoms. The van der Waals surface area contributed by atoms with Crippen LogP contribution in [0.15, 0.2) is 32.0 Å². The number of benzene rings is 1. The number of sulfonamides is 1. The molecular weight excluding hydrogens is 434 g/mol. The first kappa shape index (κ1) is 16.4. The van der Waals surface area contributed by atoms with Gasteiger partial charge in [0.25, 0.3) is 0 Å². The van der Waals surface area contributed by atoms with E-state index in [0.717, 1.165) is 4.47 Å². The van der Waals surface area contributed by atoms with Crippen LogP contribution in [0.4, 0.5) is 0 Å². The van der Waals surface area contributed by atoms with Crippen molar-refractivity contribution in [1.29, 1.82) is 0 Å².